The molecule has 1 aliphatic heterocycles. The number of rotatable bonds is 5. The molecule has 1 saturated carbocycles. The highest BCUT2D eigenvalue weighted by Gasteiger charge is 2.49. The standard InChI is InChI=1S/C20H30N2O2/c1-21(2)20(17-7-5-4-6-8-17)11-9-19(10-12-20)15-18(23)22(16-19)13-14-24-3/h4-8H,9-16H2,1-3H3. The van der Waals surface area contributed by atoms with Crippen LogP contribution in [0, 0.1) is 5.41 Å². The topological polar surface area (TPSA) is 32.8 Å². The zero-order valence-electron chi connectivity index (χ0n) is 15.3. The molecule has 132 valence electrons. The van der Waals surface area contributed by atoms with Gasteiger partial charge >= 0.3 is 0 Å². The Morgan fingerprint density at radius 1 is 1.12 bits per heavy atom. The second-order valence-corrected chi connectivity index (χ2v) is 7.78. The van der Waals surface area contributed by atoms with Crippen LogP contribution in [0.5, 0.6) is 0 Å². The Bertz CT molecular complexity index is 562. The second-order valence-electron chi connectivity index (χ2n) is 7.78. The van der Waals surface area contributed by atoms with Gasteiger partial charge in [0.25, 0.3) is 0 Å². The average Bonchev–Trinajstić information content (AvgIpc) is 2.90. The maximum absolute atomic E-state index is 12.4. The molecule has 1 saturated heterocycles. The first-order valence-corrected chi connectivity index (χ1v) is 9.01. The summed E-state index contributed by atoms with van der Waals surface area (Å²) < 4.78 is 5.15. The first kappa shape index (κ1) is 17.4. The van der Waals surface area contributed by atoms with Crippen LogP contribution in [0.25, 0.3) is 0 Å². The van der Waals surface area contributed by atoms with Crippen molar-refractivity contribution in [1.29, 1.82) is 0 Å². The summed E-state index contributed by atoms with van der Waals surface area (Å²) in [6.45, 7) is 2.27. The van der Waals surface area contributed by atoms with Gasteiger partial charge in [-0.25, -0.2) is 0 Å². The molecule has 1 amide bonds. The number of hydrogen-bond acceptors (Lipinski definition) is 3. The lowest BCUT2D eigenvalue weighted by Crippen LogP contribution is -2.47. The minimum atomic E-state index is 0.107. The van der Waals surface area contributed by atoms with E-state index in [-0.39, 0.29) is 11.0 Å². The number of amides is 1. The van der Waals surface area contributed by atoms with E-state index in [1.807, 2.05) is 4.90 Å². The fourth-order valence-corrected chi connectivity index (χ4v) is 4.66. The summed E-state index contributed by atoms with van der Waals surface area (Å²) in [6.07, 6.45) is 5.20. The van der Waals surface area contributed by atoms with Crippen LogP contribution >= 0.6 is 0 Å². The van der Waals surface area contributed by atoms with Crippen molar-refractivity contribution in [2.24, 2.45) is 5.41 Å². The highest BCUT2D eigenvalue weighted by Crippen LogP contribution is 2.51. The summed E-state index contributed by atoms with van der Waals surface area (Å²) in [5.74, 6) is 0.309. The fraction of sp³-hybridized carbons (Fsp3) is 0.650. The quantitative estimate of drug-likeness (QED) is 0.832. The lowest BCUT2D eigenvalue weighted by Gasteiger charge is -2.48. The van der Waals surface area contributed by atoms with Crippen molar-refractivity contribution in [2.45, 2.75) is 37.6 Å². The molecule has 0 radical (unpaired) electrons. The Labute approximate surface area is 145 Å². The number of benzene rings is 1. The second kappa shape index (κ2) is 6.85. The third-order valence-corrected chi connectivity index (χ3v) is 6.28. The molecule has 1 aliphatic carbocycles. The van der Waals surface area contributed by atoms with E-state index < -0.39 is 0 Å². The zero-order chi connectivity index (χ0) is 17.2. The Hall–Kier alpha value is -1.39. The van der Waals surface area contributed by atoms with Crippen LogP contribution in [0.15, 0.2) is 30.3 Å². The Morgan fingerprint density at radius 3 is 2.38 bits per heavy atom. The molecular formula is C20H30N2O2. The van der Waals surface area contributed by atoms with Crippen LogP contribution in [0.3, 0.4) is 0 Å². The molecule has 0 N–H and O–H groups in total. The van der Waals surface area contributed by atoms with Crippen LogP contribution in [0.2, 0.25) is 0 Å². The van der Waals surface area contributed by atoms with Crippen molar-refractivity contribution in [3.8, 4) is 0 Å². The fourth-order valence-electron chi connectivity index (χ4n) is 4.66. The van der Waals surface area contributed by atoms with Crippen molar-refractivity contribution in [3.63, 3.8) is 0 Å². The average molecular weight is 330 g/mol. The molecule has 0 atom stereocenters. The lowest BCUT2D eigenvalue weighted by atomic mass is 9.64. The van der Waals surface area contributed by atoms with Gasteiger partial charge in [-0.05, 0) is 50.8 Å². The number of nitrogens with zero attached hydrogens (tertiary/aromatic N) is 2. The molecule has 1 spiro atoms. The van der Waals surface area contributed by atoms with Crippen molar-refractivity contribution >= 4 is 5.91 Å². The maximum Gasteiger partial charge on any atom is 0.223 e. The molecule has 24 heavy (non-hydrogen) atoms. The molecule has 0 bridgehead atoms. The van der Waals surface area contributed by atoms with Gasteiger partial charge in [-0.1, -0.05) is 30.3 Å². The summed E-state index contributed by atoms with van der Waals surface area (Å²) in [5.41, 5.74) is 1.69. The molecule has 0 unspecified atom stereocenters. The Kier molecular flexibility index (Phi) is 4.97. The van der Waals surface area contributed by atoms with Crippen LogP contribution in [0.4, 0.5) is 0 Å². The number of carbonyl (C=O) groups excluding carboxylic acids is 1. The molecule has 1 aromatic carbocycles. The predicted octanol–water partition coefficient (Wildman–Crippen LogP) is 2.88. The molecule has 0 aromatic heterocycles. The Morgan fingerprint density at radius 2 is 1.79 bits per heavy atom. The van der Waals surface area contributed by atoms with E-state index in [4.69, 9.17) is 4.74 Å². The van der Waals surface area contributed by atoms with Crippen LogP contribution < -0.4 is 0 Å². The molecule has 1 aromatic rings. The van der Waals surface area contributed by atoms with Crippen molar-refractivity contribution < 1.29 is 9.53 Å². The lowest BCUT2D eigenvalue weighted by molar-refractivity contribution is -0.128. The van der Waals surface area contributed by atoms with Crippen LogP contribution in [-0.2, 0) is 15.1 Å². The summed E-state index contributed by atoms with van der Waals surface area (Å²) in [5, 5.41) is 0. The van der Waals surface area contributed by atoms with Crippen molar-refractivity contribution in [1.82, 2.24) is 9.80 Å². The number of methoxy groups -OCH3 is 1. The molecule has 2 aliphatic rings. The maximum atomic E-state index is 12.4. The molecular weight excluding hydrogens is 300 g/mol. The molecule has 4 heteroatoms. The minimum absolute atomic E-state index is 0.107. The van der Waals surface area contributed by atoms with Crippen LogP contribution in [-0.4, -0.2) is 56.6 Å². The first-order chi connectivity index (χ1) is 11.5. The number of hydrogen-bond donors (Lipinski definition) is 0. The van der Waals surface area contributed by atoms with Gasteiger partial charge < -0.3 is 9.64 Å². The summed E-state index contributed by atoms with van der Waals surface area (Å²) in [7, 11) is 6.08. The smallest absolute Gasteiger partial charge is 0.223 e. The third kappa shape index (κ3) is 3.09. The monoisotopic (exact) mass is 330 g/mol. The SMILES string of the molecule is COCCN1CC2(CCC(c3ccccc3)(N(C)C)CC2)CC1=O. The van der Waals surface area contributed by atoms with Gasteiger partial charge in [0.05, 0.1) is 6.61 Å². The van der Waals surface area contributed by atoms with Crippen molar-refractivity contribution in [3.05, 3.63) is 35.9 Å². The molecule has 2 fully saturated rings. The summed E-state index contributed by atoms with van der Waals surface area (Å²) in [4.78, 5) is 16.8. The summed E-state index contributed by atoms with van der Waals surface area (Å²) >= 11 is 0. The molecule has 1 heterocycles. The van der Waals surface area contributed by atoms with Gasteiger partial charge in [-0.3, -0.25) is 9.69 Å². The van der Waals surface area contributed by atoms with Gasteiger partial charge in [0, 0.05) is 32.2 Å². The van der Waals surface area contributed by atoms with Crippen molar-refractivity contribution in [2.75, 3.05) is 40.9 Å². The van der Waals surface area contributed by atoms with E-state index in [1.54, 1.807) is 7.11 Å². The summed E-state index contributed by atoms with van der Waals surface area (Å²) in [6, 6.07) is 10.9. The van der Waals surface area contributed by atoms with E-state index in [1.165, 1.54) is 5.56 Å². The number of ether oxygens (including phenoxy) is 1. The van der Waals surface area contributed by atoms with Crippen LogP contribution in [0.1, 0.15) is 37.7 Å². The molecule has 3 rings (SSSR count). The molecule has 4 nitrogen and oxygen atoms in total. The highest BCUT2D eigenvalue weighted by atomic mass is 16.5. The van der Waals surface area contributed by atoms with Gasteiger partial charge in [0.15, 0.2) is 0 Å². The zero-order valence-corrected chi connectivity index (χ0v) is 15.3. The van der Waals surface area contributed by atoms with E-state index in [2.05, 4.69) is 49.3 Å². The van der Waals surface area contributed by atoms with Gasteiger partial charge in [-0.2, -0.15) is 0 Å². The largest absolute Gasteiger partial charge is 0.383 e. The highest BCUT2D eigenvalue weighted by molar-refractivity contribution is 5.79. The van der Waals surface area contributed by atoms with Gasteiger partial charge in [0.1, 0.15) is 0 Å². The normalized spacial score (nSPS) is 30.5. The number of likely N-dealkylation sites (tertiary alicyclic amines) is 1. The van der Waals surface area contributed by atoms with E-state index in [9.17, 15) is 4.79 Å². The Balaban J connectivity index is 1.74. The van der Waals surface area contributed by atoms with E-state index >= 15 is 0 Å². The van der Waals surface area contributed by atoms with Gasteiger partial charge in [0.2, 0.25) is 5.91 Å². The first-order valence-electron chi connectivity index (χ1n) is 9.01. The van der Waals surface area contributed by atoms with Gasteiger partial charge in [-0.15, -0.1) is 0 Å². The predicted molar refractivity (Wildman–Crippen MR) is 95.8 cm³/mol. The minimum Gasteiger partial charge on any atom is -0.383 e. The van der Waals surface area contributed by atoms with E-state index in [0.29, 0.717) is 12.5 Å². The number of carbonyl (C=O) groups is 1. The van der Waals surface area contributed by atoms with E-state index in [0.717, 1.165) is 45.2 Å². The third-order valence-electron chi connectivity index (χ3n) is 6.28.